The summed E-state index contributed by atoms with van der Waals surface area (Å²) < 4.78 is 34.2. The van der Waals surface area contributed by atoms with Gasteiger partial charge in [-0.25, -0.2) is 8.91 Å². The Hall–Kier alpha value is -5.91. The molecule has 2 atom stereocenters. The molecule has 3 aromatic carbocycles. The molecular weight excluding hydrogens is 629 g/mol. The maximum Gasteiger partial charge on any atom is 0.258 e. The number of nitrogens with zero attached hydrogens (tertiary/aromatic N) is 3. The largest absolute Gasteiger partial charge is 0.496 e. The lowest BCUT2D eigenvalue weighted by atomic mass is 9.98. The molecule has 5 aromatic rings. The van der Waals surface area contributed by atoms with Crippen molar-refractivity contribution >= 4 is 23.2 Å². The monoisotopic (exact) mass is 663 g/mol. The normalized spacial score (nSPS) is 18.1. The van der Waals surface area contributed by atoms with Gasteiger partial charge in [0.2, 0.25) is 0 Å². The molecule has 0 aliphatic carbocycles. The number of ether oxygens (including phenoxy) is 3. The Morgan fingerprint density at radius 1 is 1.02 bits per heavy atom. The molecule has 0 saturated carbocycles. The van der Waals surface area contributed by atoms with Gasteiger partial charge in [0.25, 0.3) is 17.7 Å². The number of carbonyl (C=O) groups is 3. The number of carbonyl (C=O) groups excluding carboxylic acids is 3. The second-order valence-corrected chi connectivity index (χ2v) is 12.1. The lowest BCUT2D eigenvalue weighted by Gasteiger charge is -2.39. The molecule has 6 bridgehead atoms. The van der Waals surface area contributed by atoms with Crippen molar-refractivity contribution in [2.75, 3.05) is 26.8 Å². The number of halogens is 1. The molecule has 3 amide bonds. The van der Waals surface area contributed by atoms with E-state index < -0.39 is 18.0 Å². The van der Waals surface area contributed by atoms with Gasteiger partial charge < -0.3 is 29.7 Å². The van der Waals surface area contributed by atoms with Gasteiger partial charge in [-0.2, -0.15) is 5.10 Å². The average molecular weight is 664 g/mol. The summed E-state index contributed by atoms with van der Waals surface area (Å²) in [6, 6.07) is 19.6. The van der Waals surface area contributed by atoms with Gasteiger partial charge in [-0.1, -0.05) is 18.2 Å². The SMILES string of the molecule is COc1ccc2cc1-c1cccc(c1)OCC(=O)NCc1cc(F)cc(c1)O[C@@H]1CCN(C(=O)c3cnn4cccc(C)c34)C[C@H]1NC2=O. The number of rotatable bonds is 2. The third kappa shape index (κ3) is 6.62. The first-order valence-corrected chi connectivity index (χ1v) is 15.9. The highest BCUT2D eigenvalue weighted by Gasteiger charge is 2.36. The summed E-state index contributed by atoms with van der Waals surface area (Å²) in [5.41, 5.74) is 4.29. The van der Waals surface area contributed by atoms with Crippen molar-refractivity contribution in [2.24, 2.45) is 0 Å². The highest BCUT2D eigenvalue weighted by molar-refractivity contribution is 6.01. The van der Waals surface area contributed by atoms with Gasteiger partial charge in [0, 0.05) is 49.4 Å². The number of amides is 3. The van der Waals surface area contributed by atoms with Crippen LogP contribution in [0.1, 0.15) is 38.3 Å². The molecule has 2 aliphatic heterocycles. The smallest absolute Gasteiger partial charge is 0.258 e. The van der Waals surface area contributed by atoms with Crippen LogP contribution in [0.25, 0.3) is 16.6 Å². The number of benzene rings is 3. The molecule has 2 N–H and O–H groups in total. The lowest BCUT2D eigenvalue weighted by Crippen LogP contribution is -2.58. The molecule has 250 valence electrons. The van der Waals surface area contributed by atoms with Gasteiger partial charge in [-0.15, -0.1) is 0 Å². The zero-order valence-corrected chi connectivity index (χ0v) is 26.9. The number of aromatic nitrogens is 2. The fourth-order valence-electron chi connectivity index (χ4n) is 6.38. The van der Waals surface area contributed by atoms with E-state index in [0.29, 0.717) is 52.3 Å². The fraction of sp³-hybridized carbons (Fsp3) is 0.243. The first-order chi connectivity index (χ1) is 23.7. The standard InChI is InChI=1S/C37H34FN5O6/c1-22-5-4-11-43-35(22)30(19-40-43)37(46)42-12-10-33-31(20-42)41-36(45)25-8-9-32(47-2)29(16-25)24-6-3-7-27(15-24)48-21-34(44)39-18-23-13-26(38)17-28(14-23)49-33/h3-9,11,13-17,19,31,33H,10,12,18,20-21H2,1-2H3,(H,39,44)(H,41,45)/t31-,33-/m1/s1. The second kappa shape index (κ2) is 13.3. The first kappa shape index (κ1) is 31.7. The fourth-order valence-corrected chi connectivity index (χ4v) is 6.38. The molecule has 2 aromatic heterocycles. The summed E-state index contributed by atoms with van der Waals surface area (Å²) in [6.45, 7) is 2.19. The maximum atomic E-state index is 14.8. The van der Waals surface area contributed by atoms with E-state index in [1.165, 1.54) is 12.1 Å². The third-order valence-corrected chi connectivity index (χ3v) is 8.81. The molecule has 1 saturated heterocycles. The molecule has 12 heteroatoms. The number of nitrogens with one attached hydrogen (secondary N) is 2. The van der Waals surface area contributed by atoms with Crippen LogP contribution in [0, 0.1) is 12.7 Å². The number of piperidine rings is 1. The van der Waals surface area contributed by atoms with Gasteiger partial charge in [-0.05, 0) is 72.1 Å². The van der Waals surface area contributed by atoms with Crippen LogP contribution >= 0.6 is 0 Å². The predicted molar refractivity (Wildman–Crippen MR) is 178 cm³/mol. The van der Waals surface area contributed by atoms with Crippen LogP contribution in [0.5, 0.6) is 17.2 Å². The van der Waals surface area contributed by atoms with Crippen LogP contribution in [0.4, 0.5) is 4.39 Å². The maximum absolute atomic E-state index is 14.8. The van der Waals surface area contributed by atoms with Crippen LogP contribution < -0.4 is 24.8 Å². The molecular formula is C37H34FN5O6. The number of likely N-dealkylation sites (tertiary alicyclic amines) is 1. The molecule has 0 unspecified atom stereocenters. The molecule has 1 fully saturated rings. The minimum absolute atomic E-state index is 0.0472. The van der Waals surface area contributed by atoms with E-state index in [1.54, 1.807) is 71.4 Å². The van der Waals surface area contributed by atoms with Gasteiger partial charge in [0.15, 0.2) is 6.61 Å². The van der Waals surface area contributed by atoms with E-state index in [9.17, 15) is 18.8 Å². The Balaban J connectivity index is 1.25. The summed E-state index contributed by atoms with van der Waals surface area (Å²) >= 11 is 0. The Morgan fingerprint density at radius 3 is 2.76 bits per heavy atom. The molecule has 0 radical (unpaired) electrons. The van der Waals surface area contributed by atoms with Gasteiger partial charge in [0.05, 0.1) is 30.4 Å². The van der Waals surface area contributed by atoms with Crippen LogP contribution in [0.15, 0.2) is 85.2 Å². The minimum atomic E-state index is -0.663. The summed E-state index contributed by atoms with van der Waals surface area (Å²) in [4.78, 5) is 42.2. The number of fused-ring (bicyclic) bond motifs is 9. The molecule has 49 heavy (non-hydrogen) atoms. The minimum Gasteiger partial charge on any atom is -0.496 e. The highest BCUT2D eigenvalue weighted by atomic mass is 19.1. The first-order valence-electron chi connectivity index (χ1n) is 15.9. The number of pyridine rings is 1. The average Bonchev–Trinajstić information content (AvgIpc) is 3.55. The van der Waals surface area contributed by atoms with E-state index in [1.807, 2.05) is 25.1 Å². The van der Waals surface area contributed by atoms with Crippen molar-refractivity contribution in [3.8, 4) is 28.4 Å². The molecule has 2 aliphatic rings. The quantitative estimate of drug-likeness (QED) is 0.284. The van der Waals surface area contributed by atoms with Crippen molar-refractivity contribution in [2.45, 2.75) is 32.0 Å². The molecule has 11 nitrogen and oxygen atoms in total. The Bertz CT molecular complexity index is 2080. The predicted octanol–water partition coefficient (Wildman–Crippen LogP) is 4.56. The third-order valence-electron chi connectivity index (χ3n) is 8.81. The summed E-state index contributed by atoms with van der Waals surface area (Å²) in [5.74, 6) is -0.304. The van der Waals surface area contributed by atoms with Crippen molar-refractivity contribution < 1.29 is 33.0 Å². The summed E-state index contributed by atoms with van der Waals surface area (Å²) in [7, 11) is 1.55. The molecule has 7 rings (SSSR count). The zero-order valence-electron chi connectivity index (χ0n) is 26.9. The lowest BCUT2D eigenvalue weighted by molar-refractivity contribution is -0.123. The van der Waals surface area contributed by atoms with Crippen LogP contribution in [0.2, 0.25) is 0 Å². The van der Waals surface area contributed by atoms with E-state index in [4.69, 9.17) is 14.2 Å². The number of hydrogen-bond acceptors (Lipinski definition) is 7. The second-order valence-electron chi connectivity index (χ2n) is 12.1. The Labute approximate surface area is 281 Å². The van der Waals surface area contributed by atoms with Crippen molar-refractivity contribution in [3.63, 3.8) is 0 Å². The van der Waals surface area contributed by atoms with Gasteiger partial charge >= 0.3 is 0 Å². The molecule has 0 spiro atoms. The van der Waals surface area contributed by atoms with E-state index in [0.717, 1.165) is 11.1 Å². The Kier molecular flexibility index (Phi) is 8.60. The highest BCUT2D eigenvalue weighted by Crippen LogP contribution is 2.33. The van der Waals surface area contributed by atoms with Crippen molar-refractivity contribution in [1.29, 1.82) is 0 Å². The van der Waals surface area contributed by atoms with Crippen LogP contribution in [-0.2, 0) is 11.3 Å². The van der Waals surface area contributed by atoms with Crippen molar-refractivity contribution in [1.82, 2.24) is 25.1 Å². The number of hydrogen-bond donors (Lipinski definition) is 2. The Morgan fingerprint density at radius 2 is 1.90 bits per heavy atom. The summed E-state index contributed by atoms with van der Waals surface area (Å²) in [5, 5.41) is 10.2. The summed E-state index contributed by atoms with van der Waals surface area (Å²) in [6.07, 6.45) is 3.10. The van der Waals surface area contributed by atoms with E-state index >= 15 is 0 Å². The van der Waals surface area contributed by atoms with E-state index in [-0.39, 0.29) is 43.2 Å². The zero-order chi connectivity index (χ0) is 34.1. The van der Waals surface area contributed by atoms with Gasteiger partial charge in [-0.3, -0.25) is 14.4 Å². The van der Waals surface area contributed by atoms with Gasteiger partial charge in [0.1, 0.15) is 29.2 Å². The topological polar surface area (TPSA) is 124 Å². The number of methoxy groups -OCH3 is 1. The van der Waals surface area contributed by atoms with Crippen LogP contribution in [-0.4, -0.2) is 71.2 Å². The van der Waals surface area contributed by atoms with Crippen LogP contribution in [0.3, 0.4) is 0 Å². The van der Waals surface area contributed by atoms with E-state index in [2.05, 4.69) is 15.7 Å². The van der Waals surface area contributed by atoms with Crippen molar-refractivity contribution in [3.05, 3.63) is 113 Å². The molecule has 4 heterocycles. The number of aryl methyl sites for hydroxylation is 1.